The van der Waals surface area contributed by atoms with E-state index in [1.54, 1.807) is 13.0 Å². The van der Waals surface area contributed by atoms with Gasteiger partial charge in [-0.1, -0.05) is 57.3 Å². The molecule has 0 radical (unpaired) electrons. The number of Topliss-reactive ketones (excluding diaryl/α,β-unsaturated/α-hetero) is 2. The minimum absolute atomic E-state index is 0.0311. The molecule has 0 unspecified atom stereocenters. The Labute approximate surface area is 193 Å². The maximum atomic E-state index is 12.0. The number of unbranched alkanes of at least 4 members (excludes halogenated alkanes) is 8. The maximum Gasteiger partial charge on any atom is 0.328 e. The Morgan fingerprint density at radius 3 is 2.25 bits per heavy atom. The second-order valence-electron chi connectivity index (χ2n) is 8.64. The minimum atomic E-state index is -0.579. The average molecular weight is 448 g/mol. The summed E-state index contributed by atoms with van der Waals surface area (Å²) in [5.74, 6) is -1.34. The van der Waals surface area contributed by atoms with Crippen molar-refractivity contribution in [2.45, 2.75) is 110 Å². The zero-order valence-corrected chi connectivity index (χ0v) is 20.0. The molecule has 1 saturated heterocycles. The Balaban J connectivity index is 2.06. The third-order valence-corrected chi connectivity index (χ3v) is 5.58. The molecule has 0 saturated carbocycles. The van der Waals surface area contributed by atoms with Crippen LogP contribution in [0.4, 0.5) is 0 Å². The second kappa shape index (κ2) is 17.3. The molecule has 1 atom stereocenters. The summed E-state index contributed by atoms with van der Waals surface area (Å²) in [5.41, 5.74) is 0.709. The largest absolute Gasteiger partial charge is 0.460 e. The number of amides is 1. The molecule has 0 aliphatic carbocycles. The van der Waals surface area contributed by atoms with Crippen LogP contribution in [0.25, 0.3) is 0 Å². The van der Waals surface area contributed by atoms with Crippen molar-refractivity contribution in [1.29, 1.82) is 0 Å². The van der Waals surface area contributed by atoms with Gasteiger partial charge in [0.05, 0.1) is 0 Å². The van der Waals surface area contributed by atoms with Crippen molar-refractivity contribution in [2.24, 2.45) is 0 Å². The molecule has 180 valence electrons. The van der Waals surface area contributed by atoms with E-state index in [9.17, 15) is 19.2 Å². The van der Waals surface area contributed by atoms with Crippen molar-refractivity contribution in [2.75, 3.05) is 6.61 Å². The fourth-order valence-corrected chi connectivity index (χ4v) is 3.48. The molecule has 0 spiro atoms. The van der Waals surface area contributed by atoms with Crippen molar-refractivity contribution >= 4 is 23.4 Å². The quantitative estimate of drug-likeness (QED) is 0.136. The molecule has 1 heterocycles. The molecule has 32 heavy (non-hydrogen) atoms. The van der Waals surface area contributed by atoms with Crippen molar-refractivity contribution in [1.82, 2.24) is 5.32 Å². The highest BCUT2D eigenvalue weighted by Gasteiger charge is 2.28. The topological polar surface area (TPSA) is 89.5 Å². The van der Waals surface area contributed by atoms with Gasteiger partial charge in [-0.2, -0.15) is 0 Å². The Morgan fingerprint density at radius 1 is 0.969 bits per heavy atom. The summed E-state index contributed by atoms with van der Waals surface area (Å²) < 4.78 is 5.15. The summed E-state index contributed by atoms with van der Waals surface area (Å²) in [6.45, 7) is 4.03. The number of rotatable bonds is 18. The molecule has 1 amide bonds. The molecule has 1 N–H and O–H groups in total. The molecule has 6 heteroatoms. The summed E-state index contributed by atoms with van der Waals surface area (Å²) in [6.07, 6.45) is 18.7. The van der Waals surface area contributed by atoms with E-state index in [0.29, 0.717) is 24.8 Å². The van der Waals surface area contributed by atoms with Gasteiger partial charge < -0.3 is 10.1 Å². The molecule has 1 rings (SSSR count). The Bertz CT molecular complexity index is 665. The van der Waals surface area contributed by atoms with Crippen LogP contribution in [0.3, 0.4) is 0 Å². The monoisotopic (exact) mass is 447 g/mol. The van der Waals surface area contributed by atoms with Gasteiger partial charge in [0.15, 0.2) is 5.78 Å². The van der Waals surface area contributed by atoms with Crippen molar-refractivity contribution < 1.29 is 23.9 Å². The third kappa shape index (κ3) is 13.2. The highest BCUT2D eigenvalue weighted by Crippen LogP contribution is 2.10. The highest BCUT2D eigenvalue weighted by atomic mass is 16.5. The first-order valence-corrected chi connectivity index (χ1v) is 12.3. The smallest absolute Gasteiger partial charge is 0.328 e. The molecule has 0 bridgehead atoms. The van der Waals surface area contributed by atoms with Crippen LogP contribution in [0, 0.1) is 0 Å². The third-order valence-electron chi connectivity index (χ3n) is 5.58. The number of nitrogens with one attached hydrogen (secondary N) is 1. The number of carbonyl (C=O) groups is 4. The normalized spacial score (nSPS) is 16.4. The molecular weight excluding hydrogens is 406 g/mol. The molecular formula is C26H41NO5. The number of allylic oxidation sites excluding steroid dienone is 3. The lowest BCUT2D eigenvalue weighted by molar-refractivity contribution is -0.145. The van der Waals surface area contributed by atoms with E-state index >= 15 is 0 Å². The van der Waals surface area contributed by atoms with Crippen LogP contribution in [0.5, 0.6) is 0 Å². The van der Waals surface area contributed by atoms with E-state index in [2.05, 4.69) is 24.4 Å². The van der Waals surface area contributed by atoms with Crippen LogP contribution in [-0.4, -0.2) is 36.1 Å². The maximum absolute atomic E-state index is 12.0. The van der Waals surface area contributed by atoms with Crippen LogP contribution in [0.15, 0.2) is 23.8 Å². The number of hydrogen-bond acceptors (Lipinski definition) is 5. The van der Waals surface area contributed by atoms with Crippen LogP contribution >= 0.6 is 0 Å². The highest BCUT2D eigenvalue weighted by molar-refractivity contribution is 6.37. The Kier molecular flexibility index (Phi) is 15.1. The van der Waals surface area contributed by atoms with Gasteiger partial charge in [-0.15, -0.1) is 0 Å². The van der Waals surface area contributed by atoms with Gasteiger partial charge in [-0.3, -0.25) is 14.4 Å². The number of carbonyl (C=O) groups excluding carboxylic acids is 4. The predicted octanol–water partition coefficient (Wildman–Crippen LogP) is 5.15. The van der Waals surface area contributed by atoms with Crippen molar-refractivity contribution in [3.8, 4) is 0 Å². The van der Waals surface area contributed by atoms with E-state index in [0.717, 1.165) is 32.1 Å². The summed E-state index contributed by atoms with van der Waals surface area (Å²) in [7, 11) is 0. The average Bonchev–Trinajstić information content (AvgIpc) is 3.22. The Morgan fingerprint density at radius 2 is 1.62 bits per heavy atom. The van der Waals surface area contributed by atoms with Gasteiger partial charge in [-0.05, 0) is 51.0 Å². The van der Waals surface area contributed by atoms with Gasteiger partial charge in [0.2, 0.25) is 11.7 Å². The van der Waals surface area contributed by atoms with Gasteiger partial charge in [0, 0.05) is 19.3 Å². The van der Waals surface area contributed by atoms with E-state index in [4.69, 9.17) is 4.74 Å². The molecule has 6 nitrogen and oxygen atoms in total. The van der Waals surface area contributed by atoms with E-state index in [1.807, 2.05) is 0 Å². The summed E-state index contributed by atoms with van der Waals surface area (Å²) in [4.78, 5) is 47.0. The van der Waals surface area contributed by atoms with Crippen molar-refractivity contribution in [3.05, 3.63) is 23.8 Å². The number of esters is 1. The predicted molar refractivity (Wildman–Crippen MR) is 126 cm³/mol. The van der Waals surface area contributed by atoms with Crippen LogP contribution in [0.2, 0.25) is 0 Å². The van der Waals surface area contributed by atoms with Crippen molar-refractivity contribution in [3.63, 3.8) is 0 Å². The van der Waals surface area contributed by atoms with Gasteiger partial charge in [0.1, 0.15) is 12.6 Å². The lowest BCUT2D eigenvalue weighted by Gasteiger charge is -2.10. The lowest BCUT2D eigenvalue weighted by Crippen LogP contribution is -2.34. The fraction of sp³-hybridized carbons (Fsp3) is 0.692. The van der Waals surface area contributed by atoms with E-state index < -0.39 is 17.8 Å². The zero-order chi connectivity index (χ0) is 23.6. The fourth-order valence-electron chi connectivity index (χ4n) is 3.48. The van der Waals surface area contributed by atoms with Gasteiger partial charge >= 0.3 is 5.97 Å². The molecule has 1 aliphatic heterocycles. The molecule has 1 fully saturated rings. The number of ketones is 2. The second-order valence-corrected chi connectivity index (χ2v) is 8.64. The molecule has 0 aromatic carbocycles. The number of ether oxygens (including phenoxy) is 1. The summed E-state index contributed by atoms with van der Waals surface area (Å²) >= 11 is 0. The van der Waals surface area contributed by atoms with Gasteiger partial charge in [-0.25, -0.2) is 4.79 Å². The standard InChI is InChI=1S/C26H41NO5/c1-3-4-5-6-7-8-9-10-11-12-13-14-15-23(28)24(29)18-16-21(2)20-32-26(31)22-17-19-25(30)27-22/h9-10,16,22H,3-8,11-15,17-20H2,1-2H3,(H,27,30)/t22-/m0/s1. The first-order valence-electron chi connectivity index (χ1n) is 12.3. The van der Waals surface area contributed by atoms with E-state index in [-0.39, 0.29) is 24.7 Å². The summed E-state index contributed by atoms with van der Waals surface area (Å²) in [6, 6.07) is -0.579. The summed E-state index contributed by atoms with van der Waals surface area (Å²) in [5, 5.41) is 2.56. The zero-order valence-electron chi connectivity index (χ0n) is 20.0. The van der Waals surface area contributed by atoms with Crippen LogP contribution in [-0.2, 0) is 23.9 Å². The molecule has 0 aromatic heterocycles. The minimum Gasteiger partial charge on any atom is -0.460 e. The molecule has 1 aliphatic rings. The number of hydrogen-bond donors (Lipinski definition) is 1. The van der Waals surface area contributed by atoms with Gasteiger partial charge in [0.25, 0.3) is 0 Å². The lowest BCUT2D eigenvalue weighted by atomic mass is 10.0. The van der Waals surface area contributed by atoms with E-state index in [1.165, 1.54) is 32.1 Å². The van der Waals surface area contributed by atoms with Crippen LogP contribution in [0.1, 0.15) is 104 Å². The van der Waals surface area contributed by atoms with Crippen LogP contribution < -0.4 is 5.32 Å². The molecule has 0 aromatic rings. The first kappa shape index (κ1) is 27.8. The Hall–Kier alpha value is -2.24. The SMILES string of the molecule is CCCCCCCC=CCCCCCC(=O)C(=O)CC=C(C)COC(=O)[C@@H]1CCC(=O)N1. The first-order chi connectivity index (χ1) is 15.4.